The van der Waals surface area contributed by atoms with Gasteiger partial charge in [0.1, 0.15) is 6.07 Å². The number of benzene rings is 1. The van der Waals surface area contributed by atoms with E-state index in [2.05, 4.69) is 18.3 Å². The molecular formula is C15H21N3O. The van der Waals surface area contributed by atoms with Crippen LogP contribution in [0.5, 0.6) is 0 Å². The molecule has 1 amide bonds. The first-order valence-corrected chi connectivity index (χ1v) is 6.70. The van der Waals surface area contributed by atoms with Crippen molar-refractivity contribution >= 4 is 11.6 Å². The number of rotatable bonds is 7. The van der Waals surface area contributed by atoms with Crippen LogP contribution < -0.4 is 11.1 Å². The van der Waals surface area contributed by atoms with E-state index in [4.69, 9.17) is 11.0 Å². The molecule has 1 aromatic carbocycles. The molecule has 0 radical (unpaired) electrons. The lowest BCUT2D eigenvalue weighted by molar-refractivity contribution is -0.116. The Morgan fingerprint density at radius 2 is 2.16 bits per heavy atom. The molecule has 0 heterocycles. The molecule has 0 bridgehead atoms. The van der Waals surface area contributed by atoms with Gasteiger partial charge in [-0.1, -0.05) is 25.5 Å². The minimum absolute atomic E-state index is 0.0434. The van der Waals surface area contributed by atoms with Crippen molar-refractivity contribution in [2.75, 3.05) is 11.9 Å². The third-order valence-electron chi connectivity index (χ3n) is 3.25. The zero-order valence-corrected chi connectivity index (χ0v) is 11.4. The second-order valence-corrected chi connectivity index (χ2v) is 4.60. The van der Waals surface area contributed by atoms with E-state index in [1.807, 2.05) is 0 Å². The maximum Gasteiger partial charge on any atom is 0.224 e. The summed E-state index contributed by atoms with van der Waals surface area (Å²) in [6, 6.07) is 9.09. The fourth-order valence-corrected chi connectivity index (χ4v) is 2.03. The topological polar surface area (TPSA) is 78.9 Å². The number of amides is 1. The number of carbonyl (C=O) groups is 1. The van der Waals surface area contributed by atoms with Gasteiger partial charge in [-0.15, -0.1) is 0 Å². The molecule has 19 heavy (non-hydrogen) atoms. The Morgan fingerprint density at radius 1 is 1.42 bits per heavy atom. The highest BCUT2D eigenvalue weighted by molar-refractivity contribution is 5.92. The van der Waals surface area contributed by atoms with E-state index >= 15 is 0 Å². The Hall–Kier alpha value is -1.86. The predicted octanol–water partition coefficient (Wildman–Crippen LogP) is 2.65. The van der Waals surface area contributed by atoms with E-state index in [0.717, 1.165) is 19.3 Å². The Bertz CT molecular complexity index is 451. The lowest BCUT2D eigenvalue weighted by Gasteiger charge is -2.13. The fourth-order valence-electron chi connectivity index (χ4n) is 2.03. The van der Waals surface area contributed by atoms with Gasteiger partial charge >= 0.3 is 0 Å². The summed E-state index contributed by atoms with van der Waals surface area (Å²) in [7, 11) is 0. The molecule has 1 atom stereocenters. The molecule has 4 nitrogen and oxygen atoms in total. The molecule has 0 aromatic heterocycles. The number of anilines is 1. The Kier molecular flexibility index (Phi) is 6.62. The van der Waals surface area contributed by atoms with Gasteiger partial charge < -0.3 is 11.1 Å². The molecule has 0 aliphatic rings. The maximum absolute atomic E-state index is 11.9. The number of nitrogens with one attached hydrogen (secondary N) is 1. The van der Waals surface area contributed by atoms with Crippen molar-refractivity contribution in [2.24, 2.45) is 11.7 Å². The highest BCUT2D eigenvalue weighted by atomic mass is 16.1. The van der Waals surface area contributed by atoms with Crippen molar-refractivity contribution < 1.29 is 4.79 Å². The molecule has 0 aliphatic carbocycles. The molecule has 1 unspecified atom stereocenters. The molecule has 0 saturated carbocycles. The summed E-state index contributed by atoms with van der Waals surface area (Å²) in [5, 5.41) is 11.7. The molecule has 0 saturated heterocycles. The van der Waals surface area contributed by atoms with Crippen LogP contribution in [-0.4, -0.2) is 12.5 Å². The van der Waals surface area contributed by atoms with E-state index in [9.17, 15) is 4.79 Å². The van der Waals surface area contributed by atoms with Crippen molar-refractivity contribution in [1.29, 1.82) is 5.26 Å². The van der Waals surface area contributed by atoms with Gasteiger partial charge in [-0.05, 0) is 37.4 Å². The van der Waals surface area contributed by atoms with E-state index in [1.54, 1.807) is 24.3 Å². The highest BCUT2D eigenvalue weighted by Gasteiger charge is 2.10. The van der Waals surface area contributed by atoms with Gasteiger partial charge in [0.2, 0.25) is 5.91 Å². The Balaban J connectivity index is 2.49. The van der Waals surface area contributed by atoms with E-state index < -0.39 is 0 Å². The largest absolute Gasteiger partial charge is 0.330 e. The zero-order valence-electron chi connectivity index (χ0n) is 11.4. The first-order chi connectivity index (χ1) is 9.21. The molecule has 102 valence electrons. The molecule has 4 heteroatoms. The van der Waals surface area contributed by atoms with Crippen molar-refractivity contribution in [3.63, 3.8) is 0 Å². The van der Waals surface area contributed by atoms with E-state index in [0.29, 0.717) is 30.1 Å². The summed E-state index contributed by atoms with van der Waals surface area (Å²) in [6.07, 6.45) is 3.31. The summed E-state index contributed by atoms with van der Waals surface area (Å²) >= 11 is 0. The van der Waals surface area contributed by atoms with Crippen molar-refractivity contribution in [3.05, 3.63) is 29.8 Å². The third kappa shape index (κ3) is 5.11. The maximum atomic E-state index is 11.9. The van der Waals surface area contributed by atoms with Crippen LogP contribution in [0.25, 0.3) is 0 Å². The quantitative estimate of drug-likeness (QED) is 0.790. The Morgan fingerprint density at radius 3 is 2.79 bits per heavy atom. The molecule has 0 aliphatic heterocycles. The number of nitriles is 1. The highest BCUT2D eigenvalue weighted by Crippen LogP contribution is 2.17. The molecule has 1 aromatic rings. The zero-order chi connectivity index (χ0) is 14.1. The minimum atomic E-state index is -0.0434. The second-order valence-electron chi connectivity index (χ2n) is 4.60. The van der Waals surface area contributed by atoms with Crippen LogP contribution in [-0.2, 0) is 4.79 Å². The lowest BCUT2D eigenvalue weighted by Crippen LogP contribution is -2.15. The van der Waals surface area contributed by atoms with Gasteiger partial charge in [-0.2, -0.15) is 5.26 Å². The van der Waals surface area contributed by atoms with Crippen LogP contribution in [0.15, 0.2) is 24.3 Å². The predicted molar refractivity (Wildman–Crippen MR) is 76.5 cm³/mol. The first kappa shape index (κ1) is 15.2. The summed E-state index contributed by atoms with van der Waals surface area (Å²) < 4.78 is 0. The number of nitrogens with two attached hydrogens (primary N) is 1. The van der Waals surface area contributed by atoms with Crippen LogP contribution in [0.1, 0.15) is 38.2 Å². The summed E-state index contributed by atoms with van der Waals surface area (Å²) in [5.41, 5.74) is 6.61. The Labute approximate surface area is 114 Å². The van der Waals surface area contributed by atoms with Crippen molar-refractivity contribution in [1.82, 2.24) is 0 Å². The third-order valence-corrected chi connectivity index (χ3v) is 3.25. The van der Waals surface area contributed by atoms with Crippen molar-refractivity contribution in [3.8, 4) is 6.07 Å². The number of carbonyl (C=O) groups excluding carboxylic acids is 1. The number of hydrogen-bond acceptors (Lipinski definition) is 3. The molecule has 1 rings (SSSR count). The van der Waals surface area contributed by atoms with Crippen LogP contribution in [0.4, 0.5) is 5.69 Å². The smallest absolute Gasteiger partial charge is 0.224 e. The molecular weight excluding hydrogens is 238 g/mol. The monoisotopic (exact) mass is 259 g/mol. The van der Waals surface area contributed by atoms with Gasteiger partial charge in [0.15, 0.2) is 0 Å². The van der Waals surface area contributed by atoms with Gasteiger partial charge in [-0.25, -0.2) is 0 Å². The van der Waals surface area contributed by atoms with Crippen LogP contribution in [0, 0.1) is 17.2 Å². The van der Waals surface area contributed by atoms with Gasteiger partial charge in [-0.3, -0.25) is 4.79 Å². The summed E-state index contributed by atoms with van der Waals surface area (Å²) in [6.45, 7) is 2.78. The number of hydrogen-bond donors (Lipinski definition) is 2. The van der Waals surface area contributed by atoms with Crippen LogP contribution in [0.3, 0.4) is 0 Å². The minimum Gasteiger partial charge on any atom is -0.330 e. The molecule has 3 N–H and O–H groups in total. The average Bonchev–Trinajstić information content (AvgIpc) is 2.44. The van der Waals surface area contributed by atoms with Crippen LogP contribution >= 0.6 is 0 Å². The molecule has 0 spiro atoms. The normalized spacial score (nSPS) is 11.6. The van der Waals surface area contributed by atoms with Crippen molar-refractivity contribution in [2.45, 2.75) is 32.6 Å². The second kappa shape index (κ2) is 8.28. The number of nitrogens with zero attached hydrogens (tertiary/aromatic N) is 1. The average molecular weight is 259 g/mol. The van der Waals surface area contributed by atoms with E-state index in [-0.39, 0.29) is 5.91 Å². The van der Waals surface area contributed by atoms with Gasteiger partial charge in [0, 0.05) is 6.42 Å². The first-order valence-electron chi connectivity index (χ1n) is 6.70. The standard InChI is InChI=1S/C15H21N3O/c1-2-12(9-10-16)7-8-15(19)18-14-6-4-3-5-13(14)11-17/h3-6,12H,2,7-10,16H2,1H3,(H,18,19). The summed E-state index contributed by atoms with van der Waals surface area (Å²) in [5.74, 6) is 0.458. The van der Waals surface area contributed by atoms with Gasteiger partial charge in [0.25, 0.3) is 0 Å². The molecule has 0 fully saturated rings. The fraction of sp³-hybridized carbons (Fsp3) is 0.467. The number of para-hydroxylation sites is 1. The van der Waals surface area contributed by atoms with Crippen LogP contribution in [0.2, 0.25) is 0 Å². The lowest BCUT2D eigenvalue weighted by atomic mass is 9.96. The van der Waals surface area contributed by atoms with E-state index in [1.165, 1.54) is 0 Å². The SMILES string of the molecule is CCC(CCN)CCC(=O)Nc1ccccc1C#N. The summed E-state index contributed by atoms with van der Waals surface area (Å²) in [4.78, 5) is 11.9. The van der Waals surface area contributed by atoms with Gasteiger partial charge in [0.05, 0.1) is 11.3 Å².